The Labute approximate surface area is 111 Å². The lowest BCUT2D eigenvalue weighted by Crippen LogP contribution is -2.43. The zero-order valence-electron chi connectivity index (χ0n) is 12.2. The third-order valence-corrected chi connectivity index (χ3v) is 3.74. The first-order valence-corrected chi connectivity index (χ1v) is 6.95. The summed E-state index contributed by atoms with van der Waals surface area (Å²) in [6.07, 6.45) is 1.50. The van der Waals surface area contributed by atoms with Gasteiger partial charge >= 0.3 is 0 Å². The highest BCUT2D eigenvalue weighted by molar-refractivity contribution is 5.76. The van der Waals surface area contributed by atoms with Crippen LogP contribution in [-0.2, 0) is 9.53 Å². The quantitative estimate of drug-likeness (QED) is 0.813. The number of ether oxygens (including phenoxy) is 1. The molecule has 0 aromatic heterocycles. The second-order valence-electron chi connectivity index (χ2n) is 6.34. The van der Waals surface area contributed by atoms with Gasteiger partial charge in [0.1, 0.15) is 0 Å². The van der Waals surface area contributed by atoms with Gasteiger partial charge in [-0.15, -0.1) is 0 Å². The van der Waals surface area contributed by atoms with Gasteiger partial charge in [-0.3, -0.25) is 4.79 Å². The molecule has 4 heteroatoms. The molecule has 2 atom stereocenters. The van der Waals surface area contributed by atoms with Crippen LogP contribution in [0.2, 0.25) is 0 Å². The normalized spacial score (nSPS) is 21.9. The topological polar surface area (TPSA) is 55.6 Å². The molecule has 4 nitrogen and oxygen atoms in total. The molecule has 0 aromatic carbocycles. The fourth-order valence-corrected chi connectivity index (χ4v) is 2.07. The molecule has 2 N–H and O–H groups in total. The van der Waals surface area contributed by atoms with Crippen LogP contribution in [0.3, 0.4) is 0 Å². The fourth-order valence-electron chi connectivity index (χ4n) is 2.07. The van der Waals surface area contributed by atoms with Gasteiger partial charge in [-0.05, 0) is 18.8 Å². The number of carbonyl (C=O) groups is 1. The van der Waals surface area contributed by atoms with Crippen molar-refractivity contribution in [3.8, 4) is 0 Å². The fraction of sp³-hybridized carbons (Fsp3) is 0.929. The van der Waals surface area contributed by atoms with Gasteiger partial charge in [-0.25, -0.2) is 0 Å². The number of nitrogens with zero attached hydrogens (tertiary/aromatic N) is 1. The highest BCUT2D eigenvalue weighted by atomic mass is 16.5. The Bertz CT molecular complexity index is 267. The molecule has 2 unspecified atom stereocenters. The van der Waals surface area contributed by atoms with Crippen molar-refractivity contribution in [3.63, 3.8) is 0 Å². The third kappa shape index (κ3) is 4.58. The molecule has 1 amide bonds. The first kappa shape index (κ1) is 15.4. The Kier molecular flexibility index (Phi) is 5.60. The number of rotatable bonds is 5. The maximum atomic E-state index is 12.2. The number of hydrogen-bond donors (Lipinski definition) is 1. The summed E-state index contributed by atoms with van der Waals surface area (Å²) < 4.78 is 5.35. The SMILES string of the molecule is CCN(CC1CCOC1)C(=O)CC(N)C(C)(C)C. The lowest BCUT2D eigenvalue weighted by Gasteiger charge is -2.30. The molecule has 1 saturated heterocycles. The molecule has 1 rings (SSSR count). The summed E-state index contributed by atoms with van der Waals surface area (Å²) in [6.45, 7) is 11.4. The van der Waals surface area contributed by atoms with Gasteiger partial charge in [0.2, 0.25) is 5.91 Å². The van der Waals surface area contributed by atoms with Gasteiger partial charge in [-0.1, -0.05) is 20.8 Å². The van der Waals surface area contributed by atoms with E-state index in [4.69, 9.17) is 10.5 Å². The van der Waals surface area contributed by atoms with Crippen LogP contribution in [0.1, 0.15) is 40.5 Å². The molecule has 18 heavy (non-hydrogen) atoms. The minimum absolute atomic E-state index is 0.0223. The van der Waals surface area contributed by atoms with Gasteiger partial charge in [0.15, 0.2) is 0 Å². The first-order chi connectivity index (χ1) is 8.34. The van der Waals surface area contributed by atoms with E-state index >= 15 is 0 Å². The largest absolute Gasteiger partial charge is 0.381 e. The molecule has 1 aliphatic rings. The van der Waals surface area contributed by atoms with E-state index in [2.05, 4.69) is 20.8 Å². The molecular weight excluding hydrogens is 228 g/mol. The van der Waals surface area contributed by atoms with Crippen molar-refractivity contribution in [2.75, 3.05) is 26.3 Å². The smallest absolute Gasteiger partial charge is 0.224 e. The van der Waals surface area contributed by atoms with Crippen molar-refractivity contribution in [2.24, 2.45) is 17.1 Å². The van der Waals surface area contributed by atoms with E-state index < -0.39 is 0 Å². The molecule has 106 valence electrons. The molecule has 0 bridgehead atoms. The molecule has 0 radical (unpaired) electrons. The molecule has 1 fully saturated rings. The molecule has 1 heterocycles. The van der Waals surface area contributed by atoms with Crippen molar-refractivity contribution in [1.82, 2.24) is 4.90 Å². The maximum Gasteiger partial charge on any atom is 0.224 e. The monoisotopic (exact) mass is 256 g/mol. The maximum absolute atomic E-state index is 12.2. The summed E-state index contributed by atoms with van der Waals surface area (Å²) in [5.41, 5.74) is 6.06. The summed E-state index contributed by atoms with van der Waals surface area (Å²) in [6, 6.07) is -0.0844. The van der Waals surface area contributed by atoms with Crippen LogP contribution in [0.15, 0.2) is 0 Å². The molecule has 0 spiro atoms. The Morgan fingerprint density at radius 1 is 1.50 bits per heavy atom. The van der Waals surface area contributed by atoms with E-state index in [1.54, 1.807) is 0 Å². The predicted molar refractivity (Wildman–Crippen MR) is 73.2 cm³/mol. The number of hydrogen-bond acceptors (Lipinski definition) is 3. The summed E-state index contributed by atoms with van der Waals surface area (Å²) in [5.74, 6) is 0.673. The number of carbonyl (C=O) groups excluding carboxylic acids is 1. The van der Waals surface area contributed by atoms with Crippen LogP contribution in [0.25, 0.3) is 0 Å². The van der Waals surface area contributed by atoms with Crippen molar-refractivity contribution in [2.45, 2.75) is 46.6 Å². The zero-order valence-corrected chi connectivity index (χ0v) is 12.2. The van der Waals surface area contributed by atoms with E-state index in [1.165, 1.54) is 0 Å². The van der Waals surface area contributed by atoms with E-state index in [0.717, 1.165) is 32.7 Å². The van der Waals surface area contributed by atoms with Gasteiger partial charge in [0.25, 0.3) is 0 Å². The zero-order chi connectivity index (χ0) is 13.8. The lowest BCUT2D eigenvalue weighted by atomic mass is 9.85. The average molecular weight is 256 g/mol. The minimum atomic E-state index is -0.0844. The Morgan fingerprint density at radius 3 is 2.61 bits per heavy atom. The van der Waals surface area contributed by atoms with Crippen LogP contribution < -0.4 is 5.73 Å². The summed E-state index contributed by atoms with van der Waals surface area (Å²) in [4.78, 5) is 14.1. The molecule has 0 aliphatic carbocycles. The molecular formula is C14H28N2O2. The van der Waals surface area contributed by atoms with E-state index in [-0.39, 0.29) is 17.4 Å². The molecule has 0 aromatic rings. The predicted octanol–water partition coefficient (Wildman–Crippen LogP) is 1.63. The average Bonchev–Trinajstić information content (AvgIpc) is 2.76. The van der Waals surface area contributed by atoms with Crippen molar-refractivity contribution in [3.05, 3.63) is 0 Å². The second kappa shape index (κ2) is 6.53. The van der Waals surface area contributed by atoms with Crippen LogP contribution in [0.4, 0.5) is 0 Å². The van der Waals surface area contributed by atoms with Gasteiger partial charge in [-0.2, -0.15) is 0 Å². The molecule has 1 aliphatic heterocycles. The summed E-state index contributed by atoms with van der Waals surface area (Å²) in [5, 5.41) is 0. The van der Waals surface area contributed by atoms with Crippen molar-refractivity contribution < 1.29 is 9.53 Å². The van der Waals surface area contributed by atoms with Crippen molar-refractivity contribution in [1.29, 1.82) is 0 Å². The van der Waals surface area contributed by atoms with Crippen molar-refractivity contribution >= 4 is 5.91 Å². The highest BCUT2D eigenvalue weighted by Crippen LogP contribution is 2.21. The van der Waals surface area contributed by atoms with E-state index in [9.17, 15) is 4.79 Å². The minimum Gasteiger partial charge on any atom is -0.381 e. The Balaban J connectivity index is 2.46. The van der Waals surface area contributed by atoms with E-state index in [0.29, 0.717) is 12.3 Å². The third-order valence-electron chi connectivity index (χ3n) is 3.74. The number of amides is 1. The van der Waals surface area contributed by atoms with E-state index in [1.807, 2.05) is 11.8 Å². The van der Waals surface area contributed by atoms with Crippen LogP contribution >= 0.6 is 0 Å². The molecule has 0 saturated carbocycles. The first-order valence-electron chi connectivity index (χ1n) is 6.95. The van der Waals surface area contributed by atoms with Crippen LogP contribution in [0, 0.1) is 11.3 Å². The summed E-state index contributed by atoms with van der Waals surface area (Å²) in [7, 11) is 0. The highest BCUT2D eigenvalue weighted by Gasteiger charge is 2.27. The standard InChI is InChI=1S/C14H28N2O2/c1-5-16(9-11-6-7-18-10-11)13(17)8-12(15)14(2,3)4/h11-12H,5-10,15H2,1-4H3. The van der Waals surface area contributed by atoms with Gasteiger partial charge in [0.05, 0.1) is 6.61 Å². The van der Waals surface area contributed by atoms with Gasteiger partial charge in [0, 0.05) is 38.1 Å². The van der Waals surface area contributed by atoms with Crippen LogP contribution in [-0.4, -0.2) is 43.2 Å². The number of nitrogens with two attached hydrogens (primary N) is 1. The lowest BCUT2D eigenvalue weighted by molar-refractivity contribution is -0.132. The Hall–Kier alpha value is -0.610. The van der Waals surface area contributed by atoms with Gasteiger partial charge < -0.3 is 15.4 Å². The summed E-state index contributed by atoms with van der Waals surface area (Å²) >= 11 is 0. The Morgan fingerprint density at radius 2 is 2.17 bits per heavy atom. The van der Waals surface area contributed by atoms with Crippen LogP contribution in [0.5, 0.6) is 0 Å². The second-order valence-corrected chi connectivity index (χ2v) is 6.34.